The highest BCUT2D eigenvalue weighted by molar-refractivity contribution is 6.04. The van der Waals surface area contributed by atoms with Crippen LogP contribution in [-0.2, 0) is 4.79 Å². The molecule has 0 spiro atoms. The number of carbonyl (C=O) groups excluding carboxylic acids is 2. The van der Waals surface area contributed by atoms with Gasteiger partial charge in [-0.05, 0) is 30.3 Å². The highest BCUT2D eigenvalue weighted by atomic mass is 16.6. The molecular weight excluding hydrogens is 372 g/mol. The first-order valence-electron chi connectivity index (χ1n) is 9.55. The van der Waals surface area contributed by atoms with Crippen molar-refractivity contribution in [2.45, 2.75) is 13.8 Å². The van der Waals surface area contributed by atoms with Gasteiger partial charge in [0.1, 0.15) is 0 Å². The predicted octanol–water partition coefficient (Wildman–Crippen LogP) is 3.15. The zero-order chi connectivity index (χ0) is 21.0. The minimum Gasteiger partial charge on any atom is -0.368 e. The molecule has 2 aromatic rings. The van der Waals surface area contributed by atoms with Crippen molar-refractivity contribution in [1.82, 2.24) is 4.90 Å². The number of nitrogens with one attached hydrogen (secondary N) is 1. The van der Waals surface area contributed by atoms with Crippen LogP contribution in [0.25, 0.3) is 0 Å². The van der Waals surface area contributed by atoms with Crippen LogP contribution in [-0.4, -0.2) is 47.8 Å². The third kappa shape index (κ3) is 4.90. The second kappa shape index (κ2) is 8.72. The summed E-state index contributed by atoms with van der Waals surface area (Å²) in [5.74, 6) is -0.207. The quantitative estimate of drug-likeness (QED) is 0.619. The minimum atomic E-state index is -0.528. The third-order valence-corrected chi connectivity index (χ3v) is 4.89. The molecule has 2 amide bonds. The minimum absolute atomic E-state index is 0.00972. The van der Waals surface area contributed by atoms with Gasteiger partial charge in [-0.3, -0.25) is 19.7 Å². The number of nitro benzene ring substituents is 1. The number of rotatable bonds is 5. The second-order valence-corrected chi connectivity index (χ2v) is 7.28. The number of piperazine rings is 1. The van der Waals surface area contributed by atoms with E-state index in [-0.39, 0.29) is 23.1 Å². The number of non-ortho nitro benzene ring substituents is 1. The molecule has 0 aliphatic carbocycles. The van der Waals surface area contributed by atoms with E-state index in [1.165, 1.54) is 24.3 Å². The summed E-state index contributed by atoms with van der Waals surface area (Å²) in [6.07, 6.45) is 0. The first-order valence-corrected chi connectivity index (χ1v) is 9.55. The van der Waals surface area contributed by atoms with Crippen LogP contribution in [0.15, 0.2) is 48.5 Å². The van der Waals surface area contributed by atoms with Crippen LogP contribution in [0, 0.1) is 16.0 Å². The van der Waals surface area contributed by atoms with Crippen molar-refractivity contribution in [2.75, 3.05) is 36.4 Å². The Kier molecular flexibility index (Phi) is 6.11. The molecule has 0 radical (unpaired) electrons. The molecule has 0 bridgehead atoms. The van der Waals surface area contributed by atoms with Crippen molar-refractivity contribution in [1.29, 1.82) is 0 Å². The molecule has 0 unspecified atom stereocenters. The maximum absolute atomic E-state index is 12.3. The maximum atomic E-state index is 12.3. The molecule has 1 aliphatic rings. The first kappa shape index (κ1) is 20.3. The van der Waals surface area contributed by atoms with Crippen molar-refractivity contribution in [3.05, 3.63) is 64.2 Å². The van der Waals surface area contributed by atoms with Crippen LogP contribution in [0.5, 0.6) is 0 Å². The van der Waals surface area contributed by atoms with Crippen LogP contribution in [0.3, 0.4) is 0 Å². The van der Waals surface area contributed by atoms with Crippen molar-refractivity contribution in [3.63, 3.8) is 0 Å². The number of carbonyl (C=O) groups is 2. The number of nitro groups is 1. The van der Waals surface area contributed by atoms with Gasteiger partial charge < -0.3 is 15.1 Å². The fourth-order valence-electron chi connectivity index (χ4n) is 3.27. The lowest BCUT2D eigenvalue weighted by Gasteiger charge is -2.37. The number of anilines is 2. The van der Waals surface area contributed by atoms with Crippen molar-refractivity contribution < 1.29 is 14.5 Å². The lowest BCUT2D eigenvalue weighted by molar-refractivity contribution is -0.384. The predicted molar refractivity (Wildman–Crippen MR) is 111 cm³/mol. The van der Waals surface area contributed by atoms with Gasteiger partial charge in [0, 0.05) is 61.2 Å². The van der Waals surface area contributed by atoms with E-state index in [1.807, 2.05) is 30.9 Å². The van der Waals surface area contributed by atoms with Crippen LogP contribution in [0.4, 0.5) is 17.1 Å². The van der Waals surface area contributed by atoms with Crippen molar-refractivity contribution >= 4 is 28.9 Å². The van der Waals surface area contributed by atoms with Gasteiger partial charge in [-0.15, -0.1) is 0 Å². The Balaban J connectivity index is 1.59. The molecule has 1 aliphatic heterocycles. The average molecular weight is 396 g/mol. The molecule has 0 saturated carbocycles. The monoisotopic (exact) mass is 396 g/mol. The molecule has 0 aromatic heterocycles. The van der Waals surface area contributed by atoms with Gasteiger partial charge in [-0.1, -0.05) is 19.9 Å². The molecule has 8 heteroatoms. The van der Waals surface area contributed by atoms with Crippen molar-refractivity contribution in [2.24, 2.45) is 5.92 Å². The van der Waals surface area contributed by atoms with Crippen LogP contribution in [0.2, 0.25) is 0 Å². The molecule has 152 valence electrons. The number of hydrogen-bond acceptors (Lipinski definition) is 5. The van der Waals surface area contributed by atoms with Gasteiger partial charge in [0.25, 0.3) is 11.6 Å². The summed E-state index contributed by atoms with van der Waals surface area (Å²) in [4.78, 5) is 38.9. The summed E-state index contributed by atoms with van der Waals surface area (Å²) >= 11 is 0. The van der Waals surface area contributed by atoms with Crippen LogP contribution >= 0.6 is 0 Å². The molecule has 3 rings (SSSR count). The zero-order valence-corrected chi connectivity index (χ0v) is 16.5. The molecule has 1 saturated heterocycles. The summed E-state index contributed by atoms with van der Waals surface area (Å²) in [6.45, 7) is 6.74. The molecule has 8 nitrogen and oxygen atoms in total. The number of amides is 2. The van der Waals surface area contributed by atoms with E-state index in [0.29, 0.717) is 18.8 Å². The Bertz CT molecular complexity index is 903. The molecule has 29 heavy (non-hydrogen) atoms. The summed E-state index contributed by atoms with van der Waals surface area (Å²) in [5.41, 5.74) is 1.74. The topological polar surface area (TPSA) is 95.8 Å². The third-order valence-electron chi connectivity index (χ3n) is 4.89. The Morgan fingerprint density at radius 3 is 2.28 bits per heavy atom. The largest absolute Gasteiger partial charge is 0.368 e. The number of nitrogens with zero attached hydrogens (tertiary/aromatic N) is 3. The molecule has 1 heterocycles. The summed E-state index contributed by atoms with van der Waals surface area (Å²) in [7, 11) is 0. The molecule has 1 N–H and O–H groups in total. The Morgan fingerprint density at radius 2 is 1.69 bits per heavy atom. The fourth-order valence-corrected chi connectivity index (χ4v) is 3.27. The van der Waals surface area contributed by atoms with E-state index in [2.05, 4.69) is 10.2 Å². The second-order valence-electron chi connectivity index (χ2n) is 7.28. The van der Waals surface area contributed by atoms with E-state index in [4.69, 9.17) is 0 Å². The smallest absolute Gasteiger partial charge is 0.270 e. The van der Waals surface area contributed by atoms with E-state index in [0.717, 1.165) is 18.8 Å². The highest BCUT2D eigenvalue weighted by Gasteiger charge is 2.23. The van der Waals surface area contributed by atoms with Gasteiger partial charge in [-0.25, -0.2) is 0 Å². The average Bonchev–Trinajstić information content (AvgIpc) is 2.74. The molecule has 2 aromatic carbocycles. The number of benzene rings is 2. The highest BCUT2D eigenvalue weighted by Crippen LogP contribution is 2.21. The van der Waals surface area contributed by atoms with E-state index < -0.39 is 10.8 Å². The van der Waals surface area contributed by atoms with Crippen LogP contribution < -0.4 is 10.2 Å². The van der Waals surface area contributed by atoms with Crippen LogP contribution in [0.1, 0.15) is 24.2 Å². The normalized spacial score (nSPS) is 14.0. The van der Waals surface area contributed by atoms with Gasteiger partial charge >= 0.3 is 0 Å². The van der Waals surface area contributed by atoms with Crippen molar-refractivity contribution in [3.8, 4) is 0 Å². The van der Waals surface area contributed by atoms with Gasteiger partial charge in [0.2, 0.25) is 5.91 Å². The molecule has 1 fully saturated rings. The lowest BCUT2D eigenvalue weighted by atomic mass is 10.1. The van der Waals surface area contributed by atoms with Gasteiger partial charge in [0.05, 0.1) is 4.92 Å². The maximum Gasteiger partial charge on any atom is 0.270 e. The fraction of sp³-hybridized carbons (Fsp3) is 0.333. The zero-order valence-electron chi connectivity index (χ0n) is 16.5. The SMILES string of the molecule is CC(C)C(=O)N1CCN(c2ccc(NC(=O)c3cccc([N+](=O)[O-])c3)cc2)CC1. The lowest BCUT2D eigenvalue weighted by Crippen LogP contribution is -2.49. The Morgan fingerprint density at radius 1 is 1.03 bits per heavy atom. The summed E-state index contributed by atoms with van der Waals surface area (Å²) in [6, 6.07) is 13.1. The Labute approximate surface area is 169 Å². The van der Waals surface area contributed by atoms with E-state index in [9.17, 15) is 19.7 Å². The van der Waals surface area contributed by atoms with Gasteiger partial charge in [0.15, 0.2) is 0 Å². The summed E-state index contributed by atoms with van der Waals surface area (Å²) < 4.78 is 0. The molecule has 0 atom stereocenters. The molecular formula is C21H24N4O4. The van der Waals surface area contributed by atoms with Gasteiger partial charge in [-0.2, -0.15) is 0 Å². The van der Waals surface area contributed by atoms with E-state index in [1.54, 1.807) is 12.1 Å². The summed E-state index contributed by atoms with van der Waals surface area (Å²) in [5, 5.41) is 13.6. The standard InChI is InChI=1S/C21H24N4O4/c1-15(2)21(27)24-12-10-23(11-13-24)18-8-6-17(7-9-18)22-20(26)16-4-3-5-19(14-16)25(28)29/h3-9,14-15H,10-13H2,1-2H3,(H,22,26). The van der Waals surface area contributed by atoms with E-state index >= 15 is 0 Å². The first-order chi connectivity index (χ1) is 13.8. The number of hydrogen-bond donors (Lipinski definition) is 1. The Hall–Kier alpha value is -3.42.